The molecule has 0 N–H and O–H groups in total. The van der Waals surface area contributed by atoms with E-state index in [0.717, 1.165) is 0 Å². The van der Waals surface area contributed by atoms with Gasteiger partial charge in [0.25, 0.3) is 11.6 Å². The van der Waals surface area contributed by atoms with Crippen molar-refractivity contribution in [2.75, 3.05) is 7.05 Å². The van der Waals surface area contributed by atoms with Crippen LogP contribution in [0.5, 0.6) is 0 Å². The molecule has 0 aromatic heterocycles. The van der Waals surface area contributed by atoms with Crippen molar-refractivity contribution >= 4 is 11.6 Å². The van der Waals surface area contributed by atoms with Crippen LogP contribution in [0.15, 0.2) is 54.6 Å². The number of nitro groups is 1. The first kappa shape index (κ1) is 15.2. The van der Waals surface area contributed by atoms with Crippen molar-refractivity contribution in [3.8, 4) is 6.07 Å². The van der Waals surface area contributed by atoms with Gasteiger partial charge in [-0.2, -0.15) is 5.26 Å². The van der Waals surface area contributed by atoms with E-state index in [0.29, 0.717) is 5.56 Å². The summed E-state index contributed by atoms with van der Waals surface area (Å²) in [6.45, 7) is 0. The minimum Gasteiger partial charge on any atom is -0.321 e. The predicted molar refractivity (Wildman–Crippen MR) is 80.0 cm³/mol. The normalized spacial score (nSPS) is 11.3. The summed E-state index contributed by atoms with van der Waals surface area (Å²) in [6, 6.07) is 15.3. The van der Waals surface area contributed by atoms with Crippen LogP contribution < -0.4 is 0 Å². The summed E-state index contributed by atoms with van der Waals surface area (Å²) in [5.41, 5.74) is 0.437. The van der Waals surface area contributed by atoms with Crippen LogP contribution >= 0.6 is 0 Å². The maximum atomic E-state index is 12.4. The molecule has 0 heterocycles. The molecule has 0 saturated heterocycles. The highest BCUT2D eigenvalue weighted by Gasteiger charge is 2.28. The van der Waals surface area contributed by atoms with E-state index >= 15 is 0 Å². The van der Waals surface area contributed by atoms with Crippen LogP contribution in [0.1, 0.15) is 22.0 Å². The minimum absolute atomic E-state index is 0.179. The molecule has 0 aliphatic rings. The number of hydrogen-bond acceptors (Lipinski definition) is 4. The van der Waals surface area contributed by atoms with Crippen molar-refractivity contribution < 1.29 is 9.72 Å². The van der Waals surface area contributed by atoms with Crippen molar-refractivity contribution in [3.05, 3.63) is 75.8 Å². The van der Waals surface area contributed by atoms with Crippen molar-refractivity contribution in [2.45, 2.75) is 6.04 Å². The Balaban J connectivity index is 2.39. The molecule has 1 amide bonds. The Morgan fingerprint density at radius 2 is 1.77 bits per heavy atom. The molecule has 0 saturated carbocycles. The second kappa shape index (κ2) is 6.50. The second-order valence-corrected chi connectivity index (χ2v) is 4.63. The SMILES string of the molecule is CN(C(=O)c1ccccc1)C(C#N)c1ccccc1[N+](=O)[O-]. The number of nitriles is 1. The van der Waals surface area contributed by atoms with E-state index in [1.807, 2.05) is 6.07 Å². The maximum Gasteiger partial charge on any atom is 0.275 e. The van der Waals surface area contributed by atoms with E-state index < -0.39 is 11.0 Å². The van der Waals surface area contributed by atoms with Crippen LogP contribution in [0.3, 0.4) is 0 Å². The maximum absolute atomic E-state index is 12.4. The number of carbonyl (C=O) groups excluding carboxylic acids is 1. The molecule has 6 heteroatoms. The third-order valence-corrected chi connectivity index (χ3v) is 3.28. The summed E-state index contributed by atoms with van der Waals surface area (Å²) in [5.74, 6) is -0.370. The zero-order chi connectivity index (χ0) is 16.1. The average Bonchev–Trinajstić information content (AvgIpc) is 2.56. The van der Waals surface area contributed by atoms with Crippen molar-refractivity contribution in [1.29, 1.82) is 5.26 Å². The Labute approximate surface area is 127 Å². The molecule has 0 spiro atoms. The molecule has 1 unspecified atom stereocenters. The fourth-order valence-electron chi connectivity index (χ4n) is 2.15. The van der Waals surface area contributed by atoms with Crippen LogP contribution in [0, 0.1) is 21.4 Å². The molecule has 0 fully saturated rings. The van der Waals surface area contributed by atoms with Crippen LogP contribution in [0.2, 0.25) is 0 Å². The largest absolute Gasteiger partial charge is 0.321 e. The lowest BCUT2D eigenvalue weighted by atomic mass is 10.0. The number of carbonyl (C=O) groups is 1. The number of benzene rings is 2. The standard InChI is InChI=1S/C16H13N3O3/c1-18(16(20)12-7-3-2-4-8-12)15(11-17)13-9-5-6-10-14(13)19(21)22/h2-10,15H,1H3. The first-order valence-electron chi connectivity index (χ1n) is 6.51. The van der Waals surface area contributed by atoms with E-state index in [1.54, 1.807) is 36.4 Å². The van der Waals surface area contributed by atoms with Gasteiger partial charge in [-0.3, -0.25) is 14.9 Å². The molecule has 2 aromatic rings. The lowest BCUT2D eigenvalue weighted by molar-refractivity contribution is -0.385. The summed E-state index contributed by atoms with van der Waals surface area (Å²) in [5, 5.41) is 20.5. The number of para-hydroxylation sites is 1. The Bertz CT molecular complexity index is 738. The summed E-state index contributed by atoms with van der Waals surface area (Å²) >= 11 is 0. The van der Waals surface area contributed by atoms with Crippen molar-refractivity contribution in [2.24, 2.45) is 0 Å². The van der Waals surface area contributed by atoms with Crippen molar-refractivity contribution in [3.63, 3.8) is 0 Å². The highest BCUT2D eigenvalue weighted by molar-refractivity contribution is 5.94. The fourth-order valence-corrected chi connectivity index (χ4v) is 2.15. The summed E-state index contributed by atoms with van der Waals surface area (Å²) in [6.07, 6.45) is 0. The molecular formula is C16H13N3O3. The molecule has 0 aliphatic carbocycles. The van der Waals surface area contributed by atoms with Crippen molar-refractivity contribution in [1.82, 2.24) is 4.90 Å². The van der Waals surface area contributed by atoms with Crippen LogP contribution in [0.25, 0.3) is 0 Å². The van der Waals surface area contributed by atoms with Gasteiger partial charge < -0.3 is 4.90 Å². The topological polar surface area (TPSA) is 87.2 Å². The molecule has 0 bridgehead atoms. The molecule has 2 rings (SSSR count). The number of nitro benzene ring substituents is 1. The Kier molecular flexibility index (Phi) is 4.49. The molecular weight excluding hydrogens is 282 g/mol. The number of amides is 1. The third-order valence-electron chi connectivity index (χ3n) is 3.28. The smallest absolute Gasteiger partial charge is 0.275 e. The van der Waals surface area contributed by atoms with E-state index in [9.17, 15) is 20.2 Å². The van der Waals surface area contributed by atoms with Gasteiger partial charge in [-0.25, -0.2) is 0 Å². The minimum atomic E-state index is -1.03. The lowest BCUT2D eigenvalue weighted by Gasteiger charge is -2.23. The predicted octanol–water partition coefficient (Wildman–Crippen LogP) is 2.93. The van der Waals surface area contributed by atoms with Gasteiger partial charge in [0.1, 0.15) is 0 Å². The lowest BCUT2D eigenvalue weighted by Crippen LogP contribution is -2.30. The molecule has 2 aromatic carbocycles. The number of rotatable bonds is 4. The first-order chi connectivity index (χ1) is 10.6. The van der Waals surface area contributed by atoms with Gasteiger partial charge in [0.2, 0.25) is 0 Å². The molecule has 22 heavy (non-hydrogen) atoms. The van der Waals surface area contributed by atoms with E-state index in [4.69, 9.17) is 0 Å². The van der Waals surface area contributed by atoms with Gasteiger partial charge in [0.05, 0.1) is 16.6 Å². The van der Waals surface area contributed by atoms with Gasteiger partial charge in [-0.15, -0.1) is 0 Å². The Morgan fingerprint density at radius 1 is 1.18 bits per heavy atom. The van der Waals surface area contributed by atoms with Gasteiger partial charge >= 0.3 is 0 Å². The average molecular weight is 295 g/mol. The van der Waals surface area contributed by atoms with Gasteiger partial charge in [-0.1, -0.05) is 30.3 Å². The molecule has 110 valence electrons. The molecule has 0 aliphatic heterocycles. The van der Waals surface area contributed by atoms with Gasteiger partial charge in [0.15, 0.2) is 6.04 Å². The first-order valence-corrected chi connectivity index (χ1v) is 6.51. The third kappa shape index (κ3) is 2.94. The van der Waals surface area contributed by atoms with Crippen LogP contribution in [-0.2, 0) is 0 Å². The van der Waals surface area contributed by atoms with Crippen LogP contribution in [-0.4, -0.2) is 22.8 Å². The second-order valence-electron chi connectivity index (χ2n) is 4.63. The summed E-state index contributed by atoms with van der Waals surface area (Å²) < 4.78 is 0. The van der Waals surface area contributed by atoms with E-state index in [2.05, 4.69) is 0 Å². The van der Waals surface area contributed by atoms with E-state index in [-0.39, 0.29) is 17.2 Å². The highest BCUT2D eigenvalue weighted by Crippen LogP contribution is 2.28. The summed E-state index contributed by atoms with van der Waals surface area (Å²) in [7, 11) is 1.46. The van der Waals surface area contributed by atoms with Gasteiger partial charge in [-0.05, 0) is 18.2 Å². The monoisotopic (exact) mass is 295 g/mol. The zero-order valence-corrected chi connectivity index (χ0v) is 11.8. The molecule has 0 radical (unpaired) electrons. The Morgan fingerprint density at radius 3 is 2.36 bits per heavy atom. The summed E-state index contributed by atoms with van der Waals surface area (Å²) in [4.78, 5) is 24.2. The molecule has 6 nitrogen and oxygen atoms in total. The highest BCUT2D eigenvalue weighted by atomic mass is 16.6. The zero-order valence-electron chi connectivity index (χ0n) is 11.8. The fraction of sp³-hybridized carbons (Fsp3) is 0.125. The Hall–Kier alpha value is -3.20. The quantitative estimate of drug-likeness (QED) is 0.641. The van der Waals surface area contributed by atoms with Gasteiger partial charge in [0, 0.05) is 18.7 Å². The van der Waals surface area contributed by atoms with E-state index in [1.165, 1.54) is 30.1 Å². The number of nitrogens with zero attached hydrogens (tertiary/aromatic N) is 3. The molecule has 1 atom stereocenters. The van der Waals surface area contributed by atoms with Crippen LogP contribution in [0.4, 0.5) is 5.69 Å². The number of hydrogen-bond donors (Lipinski definition) is 0.